The van der Waals surface area contributed by atoms with Crippen molar-refractivity contribution in [2.24, 2.45) is 11.8 Å². The molecule has 3 nitrogen and oxygen atoms in total. The second-order valence-electron chi connectivity index (χ2n) is 5.81. The zero-order valence-electron chi connectivity index (χ0n) is 12.1. The van der Waals surface area contributed by atoms with E-state index < -0.39 is 0 Å². The van der Waals surface area contributed by atoms with E-state index in [2.05, 4.69) is 18.3 Å². The first kappa shape index (κ1) is 14.6. The topological polar surface area (TPSA) is 52.9 Å². The summed E-state index contributed by atoms with van der Waals surface area (Å²) in [5, 5.41) is 11.8. The van der Waals surface area contributed by atoms with Crippen LogP contribution in [0, 0.1) is 23.2 Å². The highest BCUT2D eigenvalue weighted by atomic mass is 16.1. The van der Waals surface area contributed by atoms with Gasteiger partial charge in [-0.25, -0.2) is 0 Å². The third kappa shape index (κ3) is 4.09. The minimum Gasteiger partial charge on any atom is -0.356 e. The van der Waals surface area contributed by atoms with Crippen LogP contribution in [0.2, 0.25) is 0 Å². The van der Waals surface area contributed by atoms with Gasteiger partial charge in [-0.3, -0.25) is 4.79 Å². The fourth-order valence-corrected chi connectivity index (χ4v) is 2.89. The van der Waals surface area contributed by atoms with Crippen LogP contribution in [0.5, 0.6) is 0 Å². The molecule has 0 saturated heterocycles. The van der Waals surface area contributed by atoms with Gasteiger partial charge < -0.3 is 5.32 Å². The summed E-state index contributed by atoms with van der Waals surface area (Å²) in [5.41, 5.74) is 1.59. The molecule has 2 atom stereocenters. The number of nitrogens with one attached hydrogen (secondary N) is 1. The molecule has 0 radical (unpaired) electrons. The first-order valence-corrected chi connectivity index (χ1v) is 7.45. The van der Waals surface area contributed by atoms with Crippen molar-refractivity contribution in [1.82, 2.24) is 5.32 Å². The van der Waals surface area contributed by atoms with Crippen molar-refractivity contribution in [3.8, 4) is 6.07 Å². The van der Waals surface area contributed by atoms with E-state index in [9.17, 15) is 4.79 Å². The van der Waals surface area contributed by atoms with Crippen LogP contribution in [-0.4, -0.2) is 12.5 Å². The monoisotopic (exact) mass is 270 g/mol. The molecule has 0 aromatic heterocycles. The Labute approximate surface area is 121 Å². The highest BCUT2D eigenvalue weighted by molar-refractivity contribution is 5.78. The van der Waals surface area contributed by atoms with E-state index in [0.29, 0.717) is 17.9 Å². The third-order valence-electron chi connectivity index (χ3n) is 4.30. The first-order valence-electron chi connectivity index (χ1n) is 7.45. The maximum Gasteiger partial charge on any atom is 0.224 e. The van der Waals surface area contributed by atoms with Crippen LogP contribution in [0.15, 0.2) is 24.3 Å². The van der Waals surface area contributed by atoms with Crippen molar-refractivity contribution in [3.05, 3.63) is 35.4 Å². The van der Waals surface area contributed by atoms with Crippen LogP contribution in [0.3, 0.4) is 0 Å². The highest BCUT2D eigenvalue weighted by Crippen LogP contribution is 2.28. The van der Waals surface area contributed by atoms with Crippen LogP contribution >= 0.6 is 0 Å². The SMILES string of the molecule is CC1CCCCC1CNC(=O)Cc1ccc(C#N)cc1. The molecule has 20 heavy (non-hydrogen) atoms. The largest absolute Gasteiger partial charge is 0.356 e. The van der Waals surface area contributed by atoms with E-state index in [1.807, 2.05) is 12.1 Å². The van der Waals surface area contributed by atoms with Crippen LogP contribution in [-0.2, 0) is 11.2 Å². The van der Waals surface area contributed by atoms with Crippen molar-refractivity contribution >= 4 is 5.91 Å². The molecule has 106 valence electrons. The molecule has 3 heteroatoms. The lowest BCUT2D eigenvalue weighted by Gasteiger charge is -2.28. The van der Waals surface area contributed by atoms with Gasteiger partial charge in [-0.15, -0.1) is 0 Å². The number of amides is 1. The number of hydrogen-bond acceptors (Lipinski definition) is 2. The van der Waals surface area contributed by atoms with Crippen molar-refractivity contribution in [3.63, 3.8) is 0 Å². The third-order valence-corrected chi connectivity index (χ3v) is 4.30. The Bertz CT molecular complexity index is 487. The van der Waals surface area contributed by atoms with E-state index in [-0.39, 0.29) is 5.91 Å². The van der Waals surface area contributed by atoms with Crippen LogP contribution < -0.4 is 5.32 Å². The molecule has 1 N–H and O–H groups in total. The van der Waals surface area contributed by atoms with Gasteiger partial charge in [0.1, 0.15) is 0 Å². The summed E-state index contributed by atoms with van der Waals surface area (Å²) in [4.78, 5) is 11.9. The zero-order chi connectivity index (χ0) is 14.4. The molecule has 0 heterocycles. The lowest BCUT2D eigenvalue weighted by atomic mass is 9.80. The van der Waals surface area contributed by atoms with E-state index >= 15 is 0 Å². The molecule has 0 spiro atoms. The minimum atomic E-state index is 0.0764. The Kier molecular flexibility index (Phi) is 5.17. The fourth-order valence-electron chi connectivity index (χ4n) is 2.89. The lowest BCUT2D eigenvalue weighted by molar-refractivity contribution is -0.120. The second kappa shape index (κ2) is 7.09. The summed E-state index contributed by atoms with van der Waals surface area (Å²) in [5.74, 6) is 1.43. The van der Waals surface area contributed by atoms with Crippen LogP contribution in [0.25, 0.3) is 0 Å². The molecular formula is C17H22N2O. The maximum atomic E-state index is 11.9. The molecule has 0 aliphatic heterocycles. The Morgan fingerprint density at radius 3 is 2.65 bits per heavy atom. The zero-order valence-corrected chi connectivity index (χ0v) is 12.1. The summed E-state index contributed by atoms with van der Waals surface area (Å²) in [6.45, 7) is 3.09. The van der Waals surface area contributed by atoms with Crippen LogP contribution in [0.1, 0.15) is 43.7 Å². The Hall–Kier alpha value is -1.82. The Balaban J connectivity index is 1.78. The second-order valence-corrected chi connectivity index (χ2v) is 5.81. The van der Waals surface area contributed by atoms with Crippen molar-refractivity contribution in [2.45, 2.75) is 39.0 Å². The minimum absolute atomic E-state index is 0.0764. The van der Waals surface area contributed by atoms with Gasteiger partial charge in [0.25, 0.3) is 0 Å². The van der Waals surface area contributed by atoms with E-state index in [1.54, 1.807) is 12.1 Å². The molecule has 0 bridgehead atoms. The average Bonchev–Trinajstić information content (AvgIpc) is 2.47. The number of carbonyl (C=O) groups is 1. The molecule has 2 unspecified atom stereocenters. The number of rotatable bonds is 4. The molecule has 2 rings (SSSR count). The van der Waals surface area contributed by atoms with E-state index in [1.165, 1.54) is 25.7 Å². The predicted molar refractivity (Wildman–Crippen MR) is 79.0 cm³/mol. The van der Waals surface area contributed by atoms with Gasteiger partial charge in [0.05, 0.1) is 18.1 Å². The van der Waals surface area contributed by atoms with Crippen molar-refractivity contribution < 1.29 is 4.79 Å². The predicted octanol–water partition coefficient (Wildman–Crippen LogP) is 3.04. The molecule has 1 amide bonds. The Morgan fingerprint density at radius 1 is 1.30 bits per heavy atom. The summed E-state index contributed by atoms with van der Waals surface area (Å²) in [6.07, 6.45) is 5.54. The molecule has 1 fully saturated rings. The van der Waals surface area contributed by atoms with E-state index in [4.69, 9.17) is 5.26 Å². The van der Waals surface area contributed by atoms with Gasteiger partial charge in [0, 0.05) is 6.54 Å². The van der Waals surface area contributed by atoms with Crippen molar-refractivity contribution in [1.29, 1.82) is 5.26 Å². The highest BCUT2D eigenvalue weighted by Gasteiger charge is 2.21. The first-order chi connectivity index (χ1) is 9.69. The van der Waals surface area contributed by atoms with Gasteiger partial charge in [-0.2, -0.15) is 5.26 Å². The fraction of sp³-hybridized carbons (Fsp3) is 0.529. The maximum absolute atomic E-state index is 11.9. The summed E-state index contributed by atoms with van der Waals surface area (Å²) in [6, 6.07) is 9.29. The standard InChI is InChI=1S/C17H22N2O/c1-13-4-2-3-5-16(13)12-19-17(20)10-14-6-8-15(11-18)9-7-14/h6-9,13,16H,2-5,10,12H2,1H3,(H,19,20). The molecular weight excluding hydrogens is 248 g/mol. The van der Waals surface area contributed by atoms with E-state index in [0.717, 1.165) is 18.0 Å². The quantitative estimate of drug-likeness (QED) is 0.914. The number of hydrogen-bond donors (Lipinski definition) is 1. The van der Waals surface area contributed by atoms with Gasteiger partial charge in [-0.1, -0.05) is 38.3 Å². The lowest BCUT2D eigenvalue weighted by Crippen LogP contribution is -2.34. The van der Waals surface area contributed by atoms with Gasteiger partial charge in [-0.05, 0) is 36.0 Å². The molecule has 1 saturated carbocycles. The molecule has 1 aliphatic rings. The molecule has 1 aliphatic carbocycles. The smallest absolute Gasteiger partial charge is 0.224 e. The Morgan fingerprint density at radius 2 is 2.00 bits per heavy atom. The molecule has 1 aromatic rings. The van der Waals surface area contributed by atoms with Gasteiger partial charge in [0.2, 0.25) is 5.91 Å². The number of carbonyl (C=O) groups excluding carboxylic acids is 1. The molecule has 1 aromatic carbocycles. The van der Waals surface area contributed by atoms with Gasteiger partial charge in [0.15, 0.2) is 0 Å². The number of nitrogens with zero attached hydrogens (tertiary/aromatic N) is 1. The summed E-state index contributed by atoms with van der Waals surface area (Å²) < 4.78 is 0. The summed E-state index contributed by atoms with van der Waals surface area (Å²) >= 11 is 0. The van der Waals surface area contributed by atoms with Gasteiger partial charge >= 0.3 is 0 Å². The average molecular weight is 270 g/mol. The van der Waals surface area contributed by atoms with Crippen molar-refractivity contribution in [2.75, 3.05) is 6.54 Å². The number of benzene rings is 1. The number of nitriles is 1. The van der Waals surface area contributed by atoms with Crippen LogP contribution in [0.4, 0.5) is 0 Å². The normalized spacial score (nSPS) is 22.0. The summed E-state index contributed by atoms with van der Waals surface area (Å²) in [7, 11) is 0.